The van der Waals surface area contributed by atoms with E-state index in [-0.39, 0.29) is 23.9 Å². The summed E-state index contributed by atoms with van der Waals surface area (Å²) in [4.78, 5) is 31.1. The molecule has 1 saturated carbocycles. The molecule has 4 rings (SSSR count). The number of amides is 3. The quantitative estimate of drug-likeness (QED) is 0.468. The molecule has 0 unspecified atom stereocenters. The van der Waals surface area contributed by atoms with Gasteiger partial charge in [-0.15, -0.1) is 0 Å². The van der Waals surface area contributed by atoms with E-state index in [2.05, 4.69) is 15.6 Å². The van der Waals surface area contributed by atoms with Crippen LogP contribution in [0.2, 0.25) is 5.02 Å². The predicted octanol–water partition coefficient (Wildman–Crippen LogP) is 6.37. The molecule has 2 N–H and O–H groups in total. The summed E-state index contributed by atoms with van der Waals surface area (Å²) < 4.78 is 38.9. The molecule has 2 aliphatic rings. The largest absolute Gasteiger partial charge is 0.416 e. The summed E-state index contributed by atoms with van der Waals surface area (Å²) in [6.45, 7) is 2.07. The molecule has 1 aliphatic carbocycles. The lowest BCUT2D eigenvalue weighted by Crippen LogP contribution is -2.38. The summed E-state index contributed by atoms with van der Waals surface area (Å²) in [5, 5.41) is 6.21. The Labute approximate surface area is 219 Å². The minimum Gasteiger partial charge on any atom is -0.353 e. The first-order valence-corrected chi connectivity index (χ1v) is 12.8. The van der Waals surface area contributed by atoms with E-state index in [1.807, 2.05) is 6.08 Å². The van der Waals surface area contributed by atoms with Gasteiger partial charge in [-0.05, 0) is 67.2 Å². The molecule has 1 aromatic carbocycles. The molecule has 37 heavy (non-hydrogen) atoms. The van der Waals surface area contributed by atoms with Crippen molar-refractivity contribution in [2.75, 3.05) is 18.4 Å². The van der Waals surface area contributed by atoms with Gasteiger partial charge in [0.2, 0.25) is 5.91 Å². The van der Waals surface area contributed by atoms with Gasteiger partial charge in [-0.3, -0.25) is 9.78 Å². The number of aromatic nitrogens is 1. The Morgan fingerprint density at radius 1 is 1.16 bits per heavy atom. The van der Waals surface area contributed by atoms with Crippen LogP contribution in [0.4, 0.5) is 23.7 Å². The molecule has 0 saturated heterocycles. The summed E-state index contributed by atoms with van der Waals surface area (Å²) in [6, 6.07) is 5.15. The SMILES string of the molecule is Cc1cc(NC(=O)N2CC=C(c3ncc(CC(=O)NC4CCCCC4)cc3Cl)CC2)ccc1C(F)(F)F. The average molecular weight is 535 g/mol. The van der Waals surface area contributed by atoms with E-state index < -0.39 is 17.8 Å². The van der Waals surface area contributed by atoms with E-state index in [1.54, 1.807) is 17.2 Å². The zero-order chi connectivity index (χ0) is 26.6. The van der Waals surface area contributed by atoms with Crippen molar-refractivity contribution < 1.29 is 22.8 Å². The fourth-order valence-electron chi connectivity index (χ4n) is 4.85. The van der Waals surface area contributed by atoms with Gasteiger partial charge in [-0.25, -0.2) is 4.79 Å². The maximum absolute atomic E-state index is 13.0. The number of nitrogens with zero attached hydrogens (tertiary/aromatic N) is 2. The number of hydrogen-bond donors (Lipinski definition) is 2. The lowest BCUT2D eigenvalue weighted by molar-refractivity contribution is -0.138. The van der Waals surface area contributed by atoms with Crippen LogP contribution in [0.15, 0.2) is 36.5 Å². The molecule has 2 aromatic rings. The Bertz CT molecular complexity index is 1190. The zero-order valence-corrected chi connectivity index (χ0v) is 21.4. The number of hydrogen-bond acceptors (Lipinski definition) is 3. The van der Waals surface area contributed by atoms with Gasteiger partial charge >= 0.3 is 12.2 Å². The number of carbonyl (C=O) groups excluding carboxylic acids is 2. The molecule has 0 bridgehead atoms. The summed E-state index contributed by atoms with van der Waals surface area (Å²) >= 11 is 6.50. The van der Waals surface area contributed by atoms with Crippen LogP contribution in [0.1, 0.15) is 60.9 Å². The van der Waals surface area contributed by atoms with Crippen molar-refractivity contribution in [1.82, 2.24) is 15.2 Å². The van der Waals surface area contributed by atoms with Crippen molar-refractivity contribution in [1.29, 1.82) is 0 Å². The minimum absolute atomic E-state index is 0.0284. The topological polar surface area (TPSA) is 74.3 Å². The molecule has 1 fully saturated rings. The fourth-order valence-corrected chi connectivity index (χ4v) is 5.16. The van der Waals surface area contributed by atoms with Crippen LogP contribution in [-0.4, -0.2) is 41.0 Å². The van der Waals surface area contributed by atoms with Crippen LogP contribution in [-0.2, 0) is 17.4 Å². The number of anilines is 1. The van der Waals surface area contributed by atoms with E-state index in [9.17, 15) is 22.8 Å². The van der Waals surface area contributed by atoms with E-state index >= 15 is 0 Å². The van der Waals surface area contributed by atoms with Crippen LogP contribution >= 0.6 is 11.6 Å². The third-order valence-corrected chi connectivity index (χ3v) is 7.10. The van der Waals surface area contributed by atoms with Crippen molar-refractivity contribution >= 4 is 34.8 Å². The maximum Gasteiger partial charge on any atom is 0.416 e. The van der Waals surface area contributed by atoms with E-state index in [1.165, 1.54) is 25.5 Å². The van der Waals surface area contributed by atoms with Crippen LogP contribution in [0.25, 0.3) is 5.57 Å². The van der Waals surface area contributed by atoms with Crippen LogP contribution in [0.3, 0.4) is 0 Å². The van der Waals surface area contributed by atoms with Gasteiger partial charge in [0.1, 0.15) is 0 Å². The number of alkyl halides is 3. The number of carbonyl (C=O) groups is 2. The van der Waals surface area contributed by atoms with Crippen LogP contribution in [0.5, 0.6) is 0 Å². The van der Waals surface area contributed by atoms with Crippen molar-refractivity contribution in [3.05, 3.63) is 63.9 Å². The highest BCUT2D eigenvalue weighted by atomic mass is 35.5. The fraction of sp³-hybridized carbons (Fsp3) is 0.444. The standard InChI is InChI=1S/C27H30ClF3N4O2/c1-17-13-21(7-8-22(17)27(29,30)31)34-26(37)35-11-9-19(10-12-35)25-23(28)14-18(16-32-25)15-24(36)33-20-5-3-2-4-6-20/h7-9,13-14,16,20H,2-6,10-12,15H2,1H3,(H,33,36)(H,34,37). The van der Waals surface area contributed by atoms with Gasteiger partial charge in [0.15, 0.2) is 0 Å². The van der Waals surface area contributed by atoms with E-state index in [4.69, 9.17) is 11.6 Å². The number of rotatable bonds is 5. The first kappa shape index (κ1) is 27.0. The molecule has 10 heteroatoms. The maximum atomic E-state index is 13.0. The highest BCUT2D eigenvalue weighted by molar-refractivity contribution is 6.32. The number of halogens is 4. The van der Waals surface area contributed by atoms with Gasteiger partial charge in [0, 0.05) is 31.0 Å². The zero-order valence-electron chi connectivity index (χ0n) is 20.6. The summed E-state index contributed by atoms with van der Waals surface area (Å²) in [6.07, 6.45) is 5.41. The van der Waals surface area contributed by atoms with Gasteiger partial charge in [0.25, 0.3) is 0 Å². The number of aryl methyl sites for hydroxylation is 1. The van der Waals surface area contributed by atoms with Crippen molar-refractivity contribution in [3.63, 3.8) is 0 Å². The molecule has 198 valence electrons. The third-order valence-electron chi connectivity index (χ3n) is 6.82. The molecule has 6 nitrogen and oxygen atoms in total. The lowest BCUT2D eigenvalue weighted by Gasteiger charge is -2.27. The molecular weight excluding hydrogens is 505 g/mol. The van der Waals surface area contributed by atoms with Gasteiger partial charge < -0.3 is 15.5 Å². The summed E-state index contributed by atoms with van der Waals surface area (Å²) in [7, 11) is 0. The molecule has 1 aliphatic heterocycles. The lowest BCUT2D eigenvalue weighted by atomic mass is 9.95. The minimum atomic E-state index is -4.43. The Morgan fingerprint density at radius 3 is 2.54 bits per heavy atom. The van der Waals surface area contributed by atoms with Crippen molar-refractivity contribution in [2.24, 2.45) is 0 Å². The van der Waals surface area contributed by atoms with Crippen molar-refractivity contribution in [3.8, 4) is 0 Å². The Hall–Kier alpha value is -3.07. The van der Waals surface area contributed by atoms with Gasteiger partial charge in [0.05, 0.1) is 22.7 Å². The van der Waals surface area contributed by atoms with Crippen molar-refractivity contribution in [2.45, 2.75) is 64.1 Å². The van der Waals surface area contributed by atoms with Crippen LogP contribution in [0, 0.1) is 6.92 Å². The third kappa shape index (κ3) is 7.03. The van der Waals surface area contributed by atoms with E-state index in [0.29, 0.717) is 35.9 Å². The molecule has 3 amide bonds. The second kappa shape index (κ2) is 11.5. The van der Waals surface area contributed by atoms with E-state index in [0.717, 1.165) is 42.9 Å². The number of pyridine rings is 1. The van der Waals surface area contributed by atoms with Gasteiger partial charge in [-0.2, -0.15) is 13.2 Å². The molecular formula is C27H30ClF3N4O2. The number of benzene rings is 1. The first-order valence-electron chi connectivity index (χ1n) is 12.5. The Morgan fingerprint density at radius 2 is 1.92 bits per heavy atom. The smallest absolute Gasteiger partial charge is 0.353 e. The molecule has 1 aromatic heterocycles. The Balaban J connectivity index is 1.33. The van der Waals surface area contributed by atoms with Crippen LogP contribution < -0.4 is 10.6 Å². The monoisotopic (exact) mass is 534 g/mol. The summed E-state index contributed by atoms with van der Waals surface area (Å²) in [5.74, 6) is -0.0284. The average Bonchev–Trinajstić information content (AvgIpc) is 2.84. The molecule has 0 atom stereocenters. The highest BCUT2D eigenvalue weighted by Gasteiger charge is 2.32. The number of urea groups is 1. The highest BCUT2D eigenvalue weighted by Crippen LogP contribution is 2.33. The Kier molecular flexibility index (Phi) is 8.42. The first-order chi connectivity index (χ1) is 17.6. The molecule has 0 radical (unpaired) electrons. The predicted molar refractivity (Wildman–Crippen MR) is 137 cm³/mol. The molecule has 0 spiro atoms. The second-order valence-corrected chi connectivity index (χ2v) is 10.0. The number of nitrogens with one attached hydrogen (secondary N) is 2. The normalized spacial score (nSPS) is 16.8. The summed E-state index contributed by atoms with van der Waals surface area (Å²) in [5.41, 5.74) is 1.89. The molecule has 2 heterocycles. The van der Waals surface area contributed by atoms with Gasteiger partial charge in [-0.1, -0.05) is 36.9 Å². The second-order valence-electron chi connectivity index (χ2n) is 9.64.